The molecule has 3 heterocycles. The van der Waals surface area contributed by atoms with E-state index in [-0.39, 0.29) is 17.2 Å². The molecule has 0 saturated heterocycles. The lowest BCUT2D eigenvalue weighted by atomic mass is 9.95. The zero-order chi connectivity index (χ0) is 31.0. The monoisotopic (exact) mass is 670 g/mol. The molecule has 1 aliphatic heterocycles. The molecule has 44 heavy (non-hydrogen) atoms. The number of benzene rings is 3. The number of hydrogen-bond acceptors (Lipinski definition) is 8. The first-order valence-corrected chi connectivity index (χ1v) is 14.9. The second kappa shape index (κ2) is 11.9. The van der Waals surface area contributed by atoms with Gasteiger partial charge in [0.15, 0.2) is 4.80 Å². The Bertz CT molecular complexity index is 2150. The molecule has 1 atom stereocenters. The number of fused-ring (bicyclic) bond motifs is 1. The molecule has 6 rings (SSSR count). The number of thiazole rings is 1. The number of furan rings is 1. The van der Waals surface area contributed by atoms with E-state index in [2.05, 4.69) is 26.2 Å². The van der Waals surface area contributed by atoms with Crippen LogP contribution in [0.15, 0.2) is 115 Å². The molecule has 1 aliphatic rings. The van der Waals surface area contributed by atoms with Crippen LogP contribution in [0.1, 0.15) is 24.3 Å². The Morgan fingerprint density at radius 1 is 1.11 bits per heavy atom. The molecule has 0 aliphatic carbocycles. The molecule has 3 aromatic carbocycles. The highest BCUT2D eigenvalue weighted by Gasteiger charge is 2.33. The Balaban J connectivity index is 1.44. The van der Waals surface area contributed by atoms with Gasteiger partial charge in [0.2, 0.25) is 0 Å². The van der Waals surface area contributed by atoms with E-state index in [9.17, 15) is 19.7 Å². The number of anilines is 1. The van der Waals surface area contributed by atoms with Crippen molar-refractivity contribution in [2.75, 3.05) is 12.4 Å². The summed E-state index contributed by atoms with van der Waals surface area (Å²) in [6.07, 6.45) is 1.62. The van der Waals surface area contributed by atoms with Crippen LogP contribution in [-0.2, 0) is 4.79 Å². The molecule has 12 heteroatoms. The summed E-state index contributed by atoms with van der Waals surface area (Å²) in [6.45, 7) is 1.75. The number of nitro benzene ring substituents is 1. The van der Waals surface area contributed by atoms with Crippen molar-refractivity contribution in [3.05, 3.63) is 142 Å². The van der Waals surface area contributed by atoms with Crippen LogP contribution in [0.3, 0.4) is 0 Å². The van der Waals surface area contributed by atoms with Gasteiger partial charge in [-0.05, 0) is 70.9 Å². The van der Waals surface area contributed by atoms with E-state index < -0.39 is 11.0 Å². The van der Waals surface area contributed by atoms with Crippen LogP contribution in [-0.4, -0.2) is 22.5 Å². The Morgan fingerprint density at radius 3 is 2.64 bits per heavy atom. The van der Waals surface area contributed by atoms with Crippen LogP contribution < -0.4 is 24.9 Å². The second-order valence-corrected chi connectivity index (χ2v) is 11.7. The maximum Gasteiger partial charge on any atom is 0.271 e. The van der Waals surface area contributed by atoms with Crippen molar-refractivity contribution in [2.45, 2.75) is 13.0 Å². The summed E-state index contributed by atoms with van der Waals surface area (Å²) in [5.41, 5.74) is 2.37. The topological polar surface area (TPSA) is 129 Å². The van der Waals surface area contributed by atoms with Crippen LogP contribution in [0.2, 0.25) is 0 Å². The fourth-order valence-corrected chi connectivity index (χ4v) is 6.57. The summed E-state index contributed by atoms with van der Waals surface area (Å²) in [5, 5.41) is 14.1. The highest BCUT2D eigenvalue weighted by molar-refractivity contribution is 9.10. The van der Waals surface area contributed by atoms with Gasteiger partial charge >= 0.3 is 0 Å². The minimum absolute atomic E-state index is 0.0498. The van der Waals surface area contributed by atoms with Crippen molar-refractivity contribution in [3.63, 3.8) is 0 Å². The fourth-order valence-electron chi connectivity index (χ4n) is 4.98. The first-order valence-electron chi connectivity index (χ1n) is 13.3. The van der Waals surface area contributed by atoms with Crippen molar-refractivity contribution in [1.82, 2.24) is 4.57 Å². The maximum absolute atomic E-state index is 14.0. The molecule has 0 radical (unpaired) electrons. The van der Waals surface area contributed by atoms with Crippen molar-refractivity contribution in [3.8, 4) is 17.1 Å². The van der Waals surface area contributed by atoms with E-state index in [4.69, 9.17) is 9.15 Å². The van der Waals surface area contributed by atoms with Crippen LogP contribution in [0.25, 0.3) is 17.4 Å². The molecule has 1 amide bonds. The molecular weight excluding hydrogens is 648 g/mol. The van der Waals surface area contributed by atoms with Crippen LogP contribution in [0.5, 0.6) is 5.75 Å². The summed E-state index contributed by atoms with van der Waals surface area (Å²) in [6, 6.07) is 23.4. The third kappa shape index (κ3) is 5.52. The van der Waals surface area contributed by atoms with E-state index in [1.807, 2.05) is 30.3 Å². The number of carbonyl (C=O) groups is 1. The lowest BCUT2D eigenvalue weighted by molar-refractivity contribution is -0.384. The van der Waals surface area contributed by atoms with Gasteiger partial charge in [-0.3, -0.25) is 24.3 Å². The van der Waals surface area contributed by atoms with E-state index in [0.29, 0.717) is 59.2 Å². The van der Waals surface area contributed by atoms with Gasteiger partial charge in [-0.1, -0.05) is 41.7 Å². The van der Waals surface area contributed by atoms with Crippen LogP contribution >= 0.6 is 27.3 Å². The van der Waals surface area contributed by atoms with Gasteiger partial charge in [-0.25, -0.2) is 4.99 Å². The number of amides is 1. The number of aromatic nitrogens is 1. The molecule has 220 valence electrons. The third-order valence-electron chi connectivity index (χ3n) is 7.04. The zero-order valence-corrected chi connectivity index (χ0v) is 25.7. The molecule has 0 spiro atoms. The van der Waals surface area contributed by atoms with Crippen LogP contribution in [0, 0.1) is 10.1 Å². The average molecular weight is 672 g/mol. The lowest BCUT2D eigenvalue weighted by Crippen LogP contribution is -2.40. The molecule has 1 N–H and O–H groups in total. The second-order valence-electron chi connectivity index (χ2n) is 9.80. The molecule has 2 aromatic heterocycles. The smallest absolute Gasteiger partial charge is 0.271 e. The van der Waals surface area contributed by atoms with Gasteiger partial charge in [0.25, 0.3) is 17.2 Å². The average Bonchev–Trinajstić information content (AvgIpc) is 3.60. The number of nitrogens with one attached hydrogen (secondary N) is 1. The number of allylic oxidation sites excluding steroid dienone is 1. The van der Waals surface area contributed by atoms with Crippen molar-refractivity contribution in [1.29, 1.82) is 0 Å². The first-order chi connectivity index (χ1) is 21.2. The molecule has 0 bridgehead atoms. The summed E-state index contributed by atoms with van der Waals surface area (Å²) < 4.78 is 13.8. The molecule has 0 saturated carbocycles. The zero-order valence-electron chi connectivity index (χ0n) is 23.3. The number of rotatable bonds is 7. The van der Waals surface area contributed by atoms with Gasteiger partial charge in [0.1, 0.15) is 17.3 Å². The van der Waals surface area contributed by atoms with Gasteiger partial charge < -0.3 is 14.5 Å². The normalized spacial score (nSPS) is 14.6. The predicted octanol–water partition coefficient (Wildman–Crippen LogP) is 5.81. The number of halogens is 1. The number of para-hydroxylation sites is 1. The first kappa shape index (κ1) is 29.0. The minimum Gasteiger partial charge on any atom is -0.497 e. The maximum atomic E-state index is 14.0. The van der Waals surface area contributed by atoms with Gasteiger partial charge in [-0.2, -0.15) is 0 Å². The molecule has 10 nitrogen and oxygen atoms in total. The summed E-state index contributed by atoms with van der Waals surface area (Å²) in [5.74, 6) is 1.09. The highest BCUT2D eigenvalue weighted by atomic mass is 79.9. The summed E-state index contributed by atoms with van der Waals surface area (Å²) in [4.78, 5) is 43.5. The molecule has 0 unspecified atom stereocenters. The largest absolute Gasteiger partial charge is 0.497 e. The molecular formula is C32H23BrN4O6S. The SMILES string of the molecule is COc1cccc([C@@H]2C(C(=O)Nc3ccccc3)=C(C)N=c3s/c(=C\c4ccc(-c5ccc([N+](=O)[O-])cc5Br)o4)c(=O)n32)c1. The number of nitrogens with zero attached hydrogens (tertiary/aromatic N) is 3. The third-order valence-corrected chi connectivity index (χ3v) is 8.68. The van der Waals surface area contributed by atoms with E-state index in [0.717, 1.165) is 0 Å². The van der Waals surface area contributed by atoms with Crippen molar-refractivity contribution < 1.29 is 18.9 Å². The summed E-state index contributed by atoms with van der Waals surface area (Å²) >= 11 is 4.56. The van der Waals surface area contributed by atoms with Gasteiger partial charge in [0.05, 0.1) is 33.9 Å². The number of hydrogen-bond donors (Lipinski definition) is 1. The number of carbonyl (C=O) groups excluding carboxylic acids is 1. The quantitative estimate of drug-likeness (QED) is 0.172. The van der Waals surface area contributed by atoms with Gasteiger partial charge in [0, 0.05) is 33.9 Å². The highest BCUT2D eigenvalue weighted by Crippen LogP contribution is 2.34. The number of non-ortho nitro benzene ring substituents is 1. The van der Waals surface area contributed by atoms with E-state index >= 15 is 0 Å². The Kier molecular flexibility index (Phi) is 7.85. The summed E-state index contributed by atoms with van der Waals surface area (Å²) in [7, 11) is 1.56. The number of methoxy groups -OCH3 is 1. The van der Waals surface area contributed by atoms with Gasteiger partial charge in [-0.15, -0.1) is 0 Å². The number of ether oxygens (including phenoxy) is 1. The Labute approximate surface area is 262 Å². The van der Waals surface area contributed by atoms with Crippen molar-refractivity contribution >= 4 is 50.6 Å². The van der Waals surface area contributed by atoms with E-state index in [1.54, 1.807) is 62.6 Å². The predicted molar refractivity (Wildman–Crippen MR) is 170 cm³/mol. The van der Waals surface area contributed by atoms with E-state index in [1.165, 1.54) is 28.0 Å². The standard InChI is InChI=1S/C32H23BrN4O6S/c1-18-28(30(38)35-20-8-4-3-5-9-20)29(19-7-6-10-22(15-19)42-2)36-31(39)27(44-32(36)34-18)17-23-12-14-26(43-23)24-13-11-21(37(40)41)16-25(24)33/h3-17,29H,1-2H3,(H,35,38)/b27-17-/t29-/m1/s1. The molecule has 5 aromatic rings. The minimum atomic E-state index is -0.768. The lowest BCUT2D eigenvalue weighted by Gasteiger charge is -2.25. The Hall–Kier alpha value is -5.07. The number of nitro groups is 1. The molecule has 0 fully saturated rings. The van der Waals surface area contributed by atoms with Crippen LogP contribution in [0.4, 0.5) is 11.4 Å². The fraction of sp³-hybridized carbons (Fsp3) is 0.0938. The Morgan fingerprint density at radius 2 is 1.91 bits per heavy atom. The van der Waals surface area contributed by atoms with Crippen molar-refractivity contribution in [2.24, 2.45) is 4.99 Å².